The molecule has 1 unspecified atom stereocenters. The van der Waals surface area contributed by atoms with Crippen molar-refractivity contribution in [2.24, 2.45) is 11.8 Å². The molecule has 0 spiro atoms. The summed E-state index contributed by atoms with van der Waals surface area (Å²) >= 11 is 1.59. The monoisotopic (exact) mass is 864 g/mol. The second-order valence-corrected chi connectivity index (χ2v) is 19.1. The molecular weight excluding hydrogens is 805 g/mol. The van der Waals surface area contributed by atoms with Crippen molar-refractivity contribution in [1.29, 1.82) is 0 Å². The standard InChI is InChI=1S/C52H54N6O4S.3H2/c1-52(29-28-41(56-52)43-14-8-30-57(43)50(61)45(36-10-4-2-5-11-36)54-47(59)38-20-21-38)40-26-24-34(25-27-40)33-16-18-35(19-17-33)42-32-63-49(53-42)44-15-9-31-58(44)51(62)46(37-12-6-3-7-13-37)55-48(60)39-22-23-39;;;/h2-7,10-13,16-19,24-28,32,38-39,43-46,56H,8-9,14-15,20-23,29-31H2,1H3,(H,54,59)(H,55,60);3*1H/t43-,44-,45+,46+,52?;;;/m0.../s1. The molecule has 5 aromatic rings. The van der Waals surface area contributed by atoms with Gasteiger partial charge in [0.05, 0.1) is 23.3 Å². The van der Waals surface area contributed by atoms with Crippen molar-refractivity contribution < 1.29 is 23.5 Å². The van der Waals surface area contributed by atoms with Crippen LogP contribution in [0.15, 0.2) is 126 Å². The van der Waals surface area contributed by atoms with Crippen molar-refractivity contribution in [2.45, 2.75) is 94.4 Å². The predicted octanol–water partition coefficient (Wildman–Crippen LogP) is 9.50. The van der Waals surface area contributed by atoms with Crippen molar-refractivity contribution in [1.82, 2.24) is 30.7 Å². The maximum atomic E-state index is 14.2. The highest BCUT2D eigenvalue weighted by Crippen LogP contribution is 2.40. The number of thiazole rings is 1. The average Bonchev–Trinajstić information content (AvgIpc) is 4.12. The Morgan fingerprint density at radius 2 is 1.16 bits per heavy atom. The minimum Gasteiger partial charge on any atom is -0.377 e. The van der Waals surface area contributed by atoms with Gasteiger partial charge in [0.2, 0.25) is 23.6 Å². The molecule has 1 aromatic heterocycles. The van der Waals surface area contributed by atoms with E-state index in [4.69, 9.17) is 4.98 Å². The van der Waals surface area contributed by atoms with Crippen molar-refractivity contribution in [2.75, 3.05) is 13.1 Å². The molecular formula is C52H60N6O4S. The molecule has 10 nitrogen and oxygen atoms in total. The summed E-state index contributed by atoms with van der Waals surface area (Å²) in [6.45, 7) is 3.53. The number of hydrogen-bond acceptors (Lipinski definition) is 7. The zero-order chi connectivity index (χ0) is 43.1. The zero-order valence-corrected chi connectivity index (χ0v) is 36.5. The predicted molar refractivity (Wildman–Crippen MR) is 251 cm³/mol. The van der Waals surface area contributed by atoms with Gasteiger partial charge in [-0.2, -0.15) is 0 Å². The van der Waals surface area contributed by atoms with Gasteiger partial charge < -0.3 is 25.8 Å². The van der Waals surface area contributed by atoms with Gasteiger partial charge in [0, 0.05) is 45.8 Å². The Bertz CT molecular complexity index is 2530. The number of amides is 4. The van der Waals surface area contributed by atoms with Crippen LogP contribution in [0.2, 0.25) is 0 Å². The highest BCUT2D eigenvalue weighted by Gasteiger charge is 2.43. The van der Waals surface area contributed by atoms with Crippen LogP contribution in [-0.2, 0) is 24.7 Å². The lowest BCUT2D eigenvalue weighted by molar-refractivity contribution is -0.137. The number of likely N-dealkylation sites (tertiary alicyclic amines) is 2. The molecule has 3 N–H and O–H groups in total. The lowest BCUT2D eigenvalue weighted by Crippen LogP contribution is -2.48. The molecule has 4 amide bonds. The van der Waals surface area contributed by atoms with Crippen molar-refractivity contribution in [3.05, 3.63) is 148 Å². The van der Waals surface area contributed by atoms with Crippen LogP contribution in [0.1, 0.15) is 109 Å². The van der Waals surface area contributed by atoms with Crippen LogP contribution in [0.5, 0.6) is 0 Å². The second kappa shape index (κ2) is 17.2. The largest absolute Gasteiger partial charge is 0.377 e. The molecule has 4 heterocycles. The van der Waals surface area contributed by atoms with Crippen LogP contribution in [0.3, 0.4) is 0 Å². The number of rotatable bonds is 13. The van der Waals surface area contributed by atoms with Crippen LogP contribution in [-0.4, -0.2) is 57.5 Å². The molecule has 10 rings (SSSR count). The molecule has 0 bridgehead atoms. The van der Waals surface area contributed by atoms with Crippen LogP contribution in [0.25, 0.3) is 22.4 Å². The first kappa shape index (κ1) is 41.0. The average molecular weight is 865 g/mol. The summed E-state index contributed by atoms with van der Waals surface area (Å²) in [6, 6.07) is 34.9. The van der Waals surface area contributed by atoms with Crippen LogP contribution >= 0.6 is 11.3 Å². The quantitative estimate of drug-likeness (QED) is 0.108. The molecule has 5 atom stereocenters. The normalized spacial score (nSPS) is 22.8. The van der Waals surface area contributed by atoms with E-state index < -0.39 is 12.1 Å². The number of benzene rings is 4. The fourth-order valence-electron chi connectivity index (χ4n) is 9.63. The van der Waals surface area contributed by atoms with E-state index in [-0.39, 0.29) is 57.4 Å². The fraction of sp³-hybridized carbons (Fsp3) is 0.365. The van der Waals surface area contributed by atoms with Gasteiger partial charge in [-0.1, -0.05) is 115 Å². The first-order chi connectivity index (χ1) is 30.7. The first-order valence-electron chi connectivity index (χ1n) is 22.7. The van der Waals surface area contributed by atoms with Crippen LogP contribution < -0.4 is 16.0 Å². The topological polar surface area (TPSA) is 124 Å². The number of nitrogens with zero attached hydrogens (tertiary/aromatic N) is 3. The summed E-state index contributed by atoms with van der Waals surface area (Å²) < 4.78 is 0. The van der Waals surface area contributed by atoms with E-state index in [1.54, 1.807) is 11.3 Å². The number of nitrogens with one attached hydrogen (secondary N) is 3. The minimum atomic E-state index is -0.709. The Labute approximate surface area is 377 Å². The van der Waals surface area contributed by atoms with E-state index in [1.165, 1.54) is 5.56 Å². The maximum absolute atomic E-state index is 14.2. The summed E-state index contributed by atoms with van der Waals surface area (Å²) in [4.78, 5) is 63.1. The van der Waals surface area contributed by atoms with Gasteiger partial charge in [0.1, 0.15) is 17.1 Å². The Hall–Kier alpha value is -6.07. The lowest BCUT2D eigenvalue weighted by Gasteiger charge is -2.33. The molecule has 0 radical (unpaired) electrons. The van der Waals surface area contributed by atoms with E-state index in [9.17, 15) is 19.2 Å². The van der Waals surface area contributed by atoms with Crippen molar-refractivity contribution >= 4 is 35.0 Å². The Balaban J connectivity index is 0.00000216. The Morgan fingerprint density at radius 1 is 0.667 bits per heavy atom. The van der Waals surface area contributed by atoms with Crippen LogP contribution in [0, 0.1) is 11.8 Å². The molecule has 11 heteroatoms. The van der Waals surface area contributed by atoms with Crippen molar-refractivity contribution in [3.8, 4) is 22.4 Å². The van der Waals surface area contributed by atoms with Crippen LogP contribution in [0.4, 0.5) is 0 Å². The van der Waals surface area contributed by atoms with Gasteiger partial charge >= 0.3 is 0 Å². The van der Waals surface area contributed by atoms with E-state index >= 15 is 0 Å². The molecule has 4 fully saturated rings. The number of hydrogen-bond donors (Lipinski definition) is 3. The van der Waals surface area contributed by atoms with E-state index in [0.717, 1.165) is 102 Å². The Morgan fingerprint density at radius 3 is 1.70 bits per heavy atom. The van der Waals surface area contributed by atoms with E-state index in [1.807, 2.05) is 70.5 Å². The third-order valence-corrected chi connectivity index (χ3v) is 14.6. The molecule has 4 aromatic carbocycles. The van der Waals surface area contributed by atoms with Gasteiger partial charge in [-0.05, 0) is 92.5 Å². The summed E-state index contributed by atoms with van der Waals surface area (Å²) in [5, 5.41) is 13.0. The summed E-state index contributed by atoms with van der Waals surface area (Å²) in [6.07, 6.45) is 10.1. The van der Waals surface area contributed by atoms with Gasteiger partial charge in [0.15, 0.2) is 0 Å². The van der Waals surface area contributed by atoms with E-state index in [2.05, 4.69) is 82.9 Å². The maximum Gasteiger partial charge on any atom is 0.250 e. The molecule has 2 saturated carbocycles. The minimum absolute atomic E-state index is 0. The highest BCUT2D eigenvalue weighted by molar-refractivity contribution is 7.10. The summed E-state index contributed by atoms with van der Waals surface area (Å²) in [5.41, 5.74) is 7.71. The molecule has 5 aliphatic rings. The van der Waals surface area contributed by atoms with Gasteiger partial charge in [-0.25, -0.2) is 4.98 Å². The number of carbonyl (C=O) groups is 4. The molecule has 3 aliphatic heterocycles. The highest BCUT2D eigenvalue weighted by atomic mass is 32.1. The Kier molecular flexibility index (Phi) is 11.2. The first-order valence-corrected chi connectivity index (χ1v) is 23.6. The SMILES string of the molecule is CC1(c2ccc(-c3ccc(-c4csc([C@@H]5CCCN5C(=O)[C@H](NC(=O)C5CC5)c5ccccc5)n4)cc3)cc2)CC=C([C@@H]2CCCN2C(=O)[C@H](NC(=O)C2CC2)c2ccccc2)N1.[HH].[HH].[HH]. The molecule has 63 heavy (non-hydrogen) atoms. The smallest absolute Gasteiger partial charge is 0.250 e. The number of aromatic nitrogens is 1. The zero-order valence-electron chi connectivity index (χ0n) is 35.7. The third-order valence-electron chi connectivity index (χ3n) is 13.7. The lowest BCUT2D eigenvalue weighted by atomic mass is 9.89. The summed E-state index contributed by atoms with van der Waals surface area (Å²) in [7, 11) is 0. The second-order valence-electron chi connectivity index (χ2n) is 18.2. The van der Waals surface area contributed by atoms with Gasteiger partial charge in [-0.15, -0.1) is 11.3 Å². The summed E-state index contributed by atoms with van der Waals surface area (Å²) in [5.74, 6) is -0.156. The van der Waals surface area contributed by atoms with E-state index in [0.29, 0.717) is 13.1 Å². The van der Waals surface area contributed by atoms with Crippen molar-refractivity contribution in [3.63, 3.8) is 0 Å². The fourth-order valence-corrected chi connectivity index (χ4v) is 10.6. The van der Waals surface area contributed by atoms with Gasteiger partial charge in [0.25, 0.3) is 0 Å². The van der Waals surface area contributed by atoms with Gasteiger partial charge in [-0.3, -0.25) is 19.2 Å². The molecule has 328 valence electrons. The third kappa shape index (κ3) is 8.55. The molecule has 2 aliphatic carbocycles. The molecule has 2 saturated heterocycles. The number of carbonyl (C=O) groups excluding carboxylic acids is 4.